The number of anilines is 2. The lowest BCUT2D eigenvalue weighted by Crippen LogP contribution is -2.19. The van der Waals surface area contributed by atoms with Gasteiger partial charge in [-0.1, -0.05) is 28.1 Å². The summed E-state index contributed by atoms with van der Waals surface area (Å²) in [6, 6.07) is 10.7. The third-order valence-corrected chi connectivity index (χ3v) is 2.73. The van der Waals surface area contributed by atoms with Crippen LogP contribution in [0.1, 0.15) is 5.56 Å². The van der Waals surface area contributed by atoms with Gasteiger partial charge in [-0.25, -0.2) is 9.78 Å². The first-order valence-corrected chi connectivity index (χ1v) is 6.19. The van der Waals surface area contributed by atoms with Gasteiger partial charge in [-0.2, -0.15) is 0 Å². The normalized spacial score (nSPS) is 9.89. The molecule has 2 N–H and O–H groups in total. The fourth-order valence-electron chi connectivity index (χ4n) is 1.39. The minimum absolute atomic E-state index is 0.315. The SMILES string of the molecule is Cc1ccc(NC(=O)Nc2cccc(Br)c2)nc1. The van der Waals surface area contributed by atoms with E-state index in [9.17, 15) is 4.79 Å². The Labute approximate surface area is 114 Å². The Morgan fingerprint density at radius 3 is 2.72 bits per heavy atom. The van der Waals surface area contributed by atoms with Crippen molar-refractivity contribution in [1.82, 2.24) is 4.98 Å². The highest BCUT2D eigenvalue weighted by atomic mass is 79.9. The number of nitrogens with one attached hydrogen (secondary N) is 2. The Bertz CT molecular complexity index is 554. The predicted octanol–water partition coefficient (Wildman–Crippen LogP) is 3.80. The van der Waals surface area contributed by atoms with E-state index in [1.807, 2.05) is 37.3 Å². The van der Waals surface area contributed by atoms with Crippen molar-refractivity contribution in [2.24, 2.45) is 0 Å². The summed E-state index contributed by atoms with van der Waals surface area (Å²) in [5, 5.41) is 5.39. The zero-order chi connectivity index (χ0) is 13.0. The molecule has 2 aromatic rings. The van der Waals surface area contributed by atoms with Gasteiger partial charge in [-0.15, -0.1) is 0 Å². The number of benzene rings is 1. The highest BCUT2D eigenvalue weighted by Gasteiger charge is 2.03. The van der Waals surface area contributed by atoms with E-state index < -0.39 is 0 Å². The molecule has 0 saturated heterocycles. The maximum atomic E-state index is 11.7. The minimum atomic E-state index is -0.315. The molecule has 0 aliphatic carbocycles. The molecule has 0 bridgehead atoms. The van der Waals surface area contributed by atoms with Crippen molar-refractivity contribution >= 4 is 33.5 Å². The number of carbonyl (C=O) groups excluding carboxylic acids is 1. The van der Waals surface area contributed by atoms with Gasteiger partial charge in [0.05, 0.1) is 0 Å². The smallest absolute Gasteiger partial charge is 0.308 e. The van der Waals surface area contributed by atoms with E-state index in [0.717, 1.165) is 10.0 Å². The first-order valence-electron chi connectivity index (χ1n) is 5.40. The van der Waals surface area contributed by atoms with Crippen LogP contribution in [0.3, 0.4) is 0 Å². The highest BCUT2D eigenvalue weighted by Crippen LogP contribution is 2.15. The maximum absolute atomic E-state index is 11.7. The molecule has 4 nitrogen and oxygen atoms in total. The number of rotatable bonds is 2. The van der Waals surface area contributed by atoms with Crippen molar-refractivity contribution in [3.63, 3.8) is 0 Å². The Hall–Kier alpha value is -1.88. The van der Waals surface area contributed by atoms with E-state index >= 15 is 0 Å². The lowest BCUT2D eigenvalue weighted by molar-refractivity contribution is 0.262. The van der Waals surface area contributed by atoms with E-state index in [2.05, 4.69) is 31.5 Å². The molecule has 0 fully saturated rings. The summed E-state index contributed by atoms with van der Waals surface area (Å²) in [5.74, 6) is 0.521. The largest absolute Gasteiger partial charge is 0.324 e. The lowest BCUT2D eigenvalue weighted by Gasteiger charge is -2.07. The summed E-state index contributed by atoms with van der Waals surface area (Å²) in [5.41, 5.74) is 1.77. The van der Waals surface area contributed by atoms with Gasteiger partial charge < -0.3 is 5.32 Å². The van der Waals surface area contributed by atoms with Crippen molar-refractivity contribution < 1.29 is 4.79 Å². The van der Waals surface area contributed by atoms with Crippen LogP contribution in [0.4, 0.5) is 16.3 Å². The van der Waals surface area contributed by atoms with Crippen LogP contribution in [0, 0.1) is 6.92 Å². The van der Waals surface area contributed by atoms with Crippen LogP contribution in [0.5, 0.6) is 0 Å². The molecule has 1 aromatic heterocycles. The molecule has 5 heteroatoms. The molecule has 92 valence electrons. The molecule has 0 spiro atoms. The second kappa shape index (κ2) is 5.64. The van der Waals surface area contributed by atoms with Crippen molar-refractivity contribution in [3.05, 3.63) is 52.6 Å². The first-order chi connectivity index (χ1) is 8.63. The van der Waals surface area contributed by atoms with Crippen LogP contribution >= 0.6 is 15.9 Å². The summed E-state index contributed by atoms with van der Waals surface area (Å²) in [7, 11) is 0. The third-order valence-electron chi connectivity index (χ3n) is 2.24. The van der Waals surface area contributed by atoms with Gasteiger partial charge in [0.15, 0.2) is 0 Å². The number of pyridine rings is 1. The third kappa shape index (κ3) is 3.56. The molecular formula is C13H12BrN3O. The number of aryl methyl sites for hydroxylation is 1. The number of hydrogen-bond donors (Lipinski definition) is 2. The van der Waals surface area contributed by atoms with Crippen LogP contribution < -0.4 is 10.6 Å². The Kier molecular flexibility index (Phi) is 3.94. The summed E-state index contributed by atoms with van der Waals surface area (Å²) in [6.07, 6.45) is 1.70. The molecular weight excluding hydrogens is 294 g/mol. The zero-order valence-electron chi connectivity index (χ0n) is 9.77. The average Bonchev–Trinajstić information content (AvgIpc) is 2.32. The fraction of sp³-hybridized carbons (Fsp3) is 0.0769. The van der Waals surface area contributed by atoms with Gasteiger partial charge in [0, 0.05) is 16.4 Å². The van der Waals surface area contributed by atoms with E-state index in [-0.39, 0.29) is 6.03 Å². The fourth-order valence-corrected chi connectivity index (χ4v) is 1.79. The van der Waals surface area contributed by atoms with E-state index in [1.54, 1.807) is 12.3 Å². The quantitative estimate of drug-likeness (QED) is 0.886. The second-order valence-electron chi connectivity index (χ2n) is 3.81. The van der Waals surface area contributed by atoms with E-state index in [4.69, 9.17) is 0 Å². The van der Waals surface area contributed by atoms with Crippen LogP contribution in [0.2, 0.25) is 0 Å². The summed E-state index contributed by atoms with van der Waals surface area (Å²) in [6.45, 7) is 1.94. The minimum Gasteiger partial charge on any atom is -0.308 e. The average molecular weight is 306 g/mol. The zero-order valence-corrected chi connectivity index (χ0v) is 11.4. The van der Waals surface area contributed by atoms with Gasteiger partial charge in [-0.05, 0) is 36.8 Å². The molecule has 1 heterocycles. The molecule has 18 heavy (non-hydrogen) atoms. The van der Waals surface area contributed by atoms with Gasteiger partial charge in [0.25, 0.3) is 0 Å². The lowest BCUT2D eigenvalue weighted by atomic mass is 10.3. The van der Waals surface area contributed by atoms with Crippen molar-refractivity contribution in [1.29, 1.82) is 0 Å². The second-order valence-corrected chi connectivity index (χ2v) is 4.73. The predicted molar refractivity (Wildman–Crippen MR) is 75.8 cm³/mol. The van der Waals surface area contributed by atoms with E-state index in [0.29, 0.717) is 11.5 Å². The summed E-state index contributed by atoms with van der Waals surface area (Å²) in [4.78, 5) is 15.8. The number of carbonyl (C=O) groups is 1. The Morgan fingerprint density at radius 1 is 1.22 bits per heavy atom. The monoisotopic (exact) mass is 305 g/mol. The number of aromatic nitrogens is 1. The number of nitrogens with zero attached hydrogens (tertiary/aromatic N) is 1. The molecule has 0 aliphatic heterocycles. The number of urea groups is 1. The van der Waals surface area contributed by atoms with Gasteiger partial charge >= 0.3 is 6.03 Å². The molecule has 0 unspecified atom stereocenters. The molecule has 1 aromatic carbocycles. The summed E-state index contributed by atoms with van der Waals surface area (Å²) >= 11 is 3.34. The molecule has 0 atom stereocenters. The first kappa shape index (κ1) is 12.6. The molecule has 0 aliphatic rings. The number of hydrogen-bond acceptors (Lipinski definition) is 2. The van der Waals surface area contributed by atoms with Crippen molar-refractivity contribution in [2.75, 3.05) is 10.6 Å². The number of amides is 2. The Morgan fingerprint density at radius 2 is 2.06 bits per heavy atom. The van der Waals surface area contributed by atoms with Crippen LogP contribution in [0.15, 0.2) is 47.1 Å². The topological polar surface area (TPSA) is 54.0 Å². The molecule has 0 saturated carbocycles. The number of halogens is 1. The molecule has 0 radical (unpaired) electrons. The van der Waals surface area contributed by atoms with Gasteiger partial charge in [-0.3, -0.25) is 5.32 Å². The van der Waals surface area contributed by atoms with Crippen LogP contribution in [0.25, 0.3) is 0 Å². The summed E-state index contributed by atoms with van der Waals surface area (Å²) < 4.78 is 0.911. The van der Waals surface area contributed by atoms with Crippen molar-refractivity contribution in [3.8, 4) is 0 Å². The molecule has 2 amide bonds. The van der Waals surface area contributed by atoms with Gasteiger partial charge in [0.2, 0.25) is 0 Å². The molecule has 2 rings (SSSR count). The van der Waals surface area contributed by atoms with Crippen LogP contribution in [-0.4, -0.2) is 11.0 Å². The van der Waals surface area contributed by atoms with E-state index in [1.165, 1.54) is 0 Å². The van der Waals surface area contributed by atoms with Crippen LogP contribution in [-0.2, 0) is 0 Å². The maximum Gasteiger partial charge on any atom is 0.324 e. The van der Waals surface area contributed by atoms with Gasteiger partial charge in [0.1, 0.15) is 5.82 Å². The Balaban J connectivity index is 1.98. The standard InChI is InChI=1S/C13H12BrN3O/c1-9-5-6-12(15-8-9)17-13(18)16-11-4-2-3-10(14)7-11/h2-8H,1H3,(H2,15,16,17,18). The highest BCUT2D eigenvalue weighted by molar-refractivity contribution is 9.10. The van der Waals surface area contributed by atoms with Crippen molar-refractivity contribution in [2.45, 2.75) is 6.92 Å².